The summed E-state index contributed by atoms with van der Waals surface area (Å²) in [5, 5.41) is 3.64. The molecule has 0 saturated carbocycles. The lowest BCUT2D eigenvalue weighted by Gasteiger charge is -2.31. The molecule has 0 radical (unpaired) electrons. The third kappa shape index (κ3) is 4.63. The number of rotatable bonds is 5. The van der Waals surface area contributed by atoms with Gasteiger partial charge < -0.3 is 10.2 Å². The van der Waals surface area contributed by atoms with Crippen LogP contribution in [0.25, 0.3) is 0 Å². The summed E-state index contributed by atoms with van der Waals surface area (Å²) in [5.74, 6) is 0.611. The Bertz CT molecular complexity index is 848. The van der Waals surface area contributed by atoms with E-state index in [0.29, 0.717) is 41.9 Å². The fourth-order valence-corrected chi connectivity index (χ4v) is 3.47. The first-order valence-corrected chi connectivity index (χ1v) is 9.44. The monoisotopic (exact) mass is 386 g/mol. The number of aromatic nitrogens is 2. The maximum atomic E-state index is 12.5. The van der Waals surface area contributed by atoms with Crippen molar-refractivity contribution in [1.82, 2.24) is 15.3 Å². The molecule has 0 unspecified atom stereocenters. The highest BCUT2D eigenvalue weighted by atomic mass is 35.5. The van der Waals surface area contributed by atoms with E-state index in [0.717, 1.165) is 18.4 Å². The maximum Gasteiger partial charge on any atom is 0.225 e. The first-order valence-electron chi connectivity index (χ1n) is 9.06. The van der Waals surface area contributed by atoms with Crippen LogP contribution >= 0.6 is 11.6 Å². The Morgan fingerprint density at radius 3 is 2.59 bits per heavy atom. The van der Waals surface area contributed by atoms with Crippen molar-refractivity contribution in [3.8, 4) is 0 Å². The summed E-state index contributed by atoms with van der Waals surface area (Å²) in [5.41, 5.74) is 2.15. The quantitative estimate of drug-likeness (QED) is 0.799. The summed E-state index contributed by atoms with van der Waals surface area (Å²) in [7, 11) is 0. The van der Waals surface area contributed by atoms with Gasteiger partial charge in [-0.15, -0.1) is 0 Å². The van der Waals surface area contributed by atoms with Gasteiger partial charge in [0.2, 0.25) is 11.9 Å². The van der Waals surface area contributed by atoms with Crippen molar-refractivity contribution in [1.29, 1.82) is 0 Å². The second kappa shape index (κ2) is 8.48. The molecule has 0 spiro atoms. The molecule has 142 valence electrons. The van der Waals surface area contributed by atoms with Crippen molar-refractivity contribution < 1.29 is 9.59 Å². The molecular weight excluding hydrogens is 364 g/mol. The molecule has 1 aliphatic rings. The van der Waals surface area contributed by atoms with Crippen molar-refractivity contribution in [2.45, 2.75) is 33.2 Å². The third-order valence-electron chi connectivity index (χ3n) is 4.91. The molecule has 27 heavy (non-hydrogen) atoms. The zero-order valence-electron chi connectivity index (χ0n) is 15.5. The van der Waals surface area contributed by atoms with Gasteiger partial charge in [-0.25, -0.2) is 9.97 Å². The van der Waals surface area contributed by atoms with E-state index >= 15 is 0 Å². The minimum absolute atomic E-state index is 0.0265. The number of ketones is 1. The molecule has 1 amide bonds. The van der Waals surface area contributed by atoms with E-state index in [1.165, 1.54) is 6.92 Å². The number of hydrogen-bond donors (Lipinski definition) is 1. The van der Waals surface area contributed by atoms with Crippen molar-refractivity contribution in [2.24, 2.45) is 5.92 Å². The predicted molar refractivity (Wildman–Crippen MR) is 105 cm³/mol. The topological polar surface area (TPSA) is 75.2 Å². The smallest absolute Gasteiger partial charge is 0.225 e. The summed E-state index contributed by atoms with van der Waals surface area (Å²) in [6.45, 7) is 5.19. The predicted octanol–water partition coefficient (Wildman–Crippen LogP) is 3.17. The van der Waals surface area contributed by atoms with E-state index in [2.05, 4.69) is 20.2 Å². The largest absolute Gasteiger partial charge is 0.352 e. The highest BCUT2D eigenvalue weighted by Gasteiger charge is 2.26. The molecule has 1 saturated heterocycles. The number of nitrogens with zero attached hydrogens (tertiary/aromatic N) is 3. The summed E-state index contributed by atoms with van der Waals surface area (Å²) in [6, 6.07) is 7.51. The van der Waals surface area contributed by atoms with Crippen LogP contribution in [0.5, 0.6) is 0 Å². The van der Waals surface area contributed by atoms with Crippen LogP contribution < -0.4 is 10.2 Å². The molecule has 3 rings (SSSR count). The van der Waals surface area contributed by atoms with E-state index in [1.54, 1.807) is 6.20 Å². The van der Waals surface area contributed by atoms with Gasteiger partial charge in [0.25, 0.3) is 0 Å². The van der Waals surface area contributed by atoms with E-state index in [4.69, 9.17) is 11.6 Å². The third-order valence-corrected chi connectivity index (χ3v) is 5.27. The second-order valence-corrected chi connectivity index (χ2v) is 7.20. The van der Waals surface area contributed by atoms with E-state index in [-0.39, 0.29) is 17.6 Å². The van der Waals surface area contributed by atoms with Crippen molar-refractivity contribution in [3.63, 3.8) is 0 Å². The normalized spacial score (nSPS) is 14.9. The molecule has 2 aromatic rings. The van der Waals surface area contributed by atoms with Crippen LogP contribution in [0.3, 0.4) is 0 Å². The molecule has 1 aliphatic heterocycles. The van der Waals surface area contributed by atoms with Gasteiger partial charge in [-0.1, -0.05) is 29.8 Å². The average molecular weight is 387 g/mol. The van der Waals surface area contributed by atoms with Crippen LogP contribution in [-0.2, 0) is 11.3 Å². The Morgan fingerprint density at radius 2 is 1.96 bits per heavy atom. The lowest BCUT2D eigenvalue weighted by atomic mass is 9.96. The van der Waals surface area contributed by atoms with E-state index in [1.807, 2.05) is 31.2 Å². The van der Waals surface area contributed by atoms with Gasteiger partial charge in [0.15, 0.2) is 5.78 Å². The Balaban J connectivity index is 1.54. The number of carbonyl (C=O) groups is 2. The van der Waals surface area contributed by atoms with Gasteiger partial charge in [-0.3, -0.25) is 9.59 Å². The number of amides is 1. The Hall–Kier alpha value is -2.47. The van der Waals surface area contributed by atoms with Crippen LogP contribution in [0.15, 0.2) is 30.5 Å². The zero-order chi connectivity index (χ0) is 19.4. The molecule has 1 N–H and O–H groups in total. The molecular formula is C20H23ClN4O2. The van der Waals surface area contributed by atoms with Crippen molar-refractivity contribution in [2.75, 3.05) is 18.0 Å². The SMILES string of the molecule is CC(=O)c1cnc(N2CCC(C(=O)NCc3ccccc3Cl)CC2)nc1C. The standard InChI is InChI=1S/C20H23ClN4O2/c1-13-17(14(2)26)12-23-20(24-13)25-9-7-15(8-10-25)19(27)22-11-16-5-3-4-6-18(16)21/h3-6,12,15H,7-11H2,1-2H3,(H,22,27). The second-order valence-electron chi connectivity index (χ2n) is 6.80. The first kappa shape index (κ1) is 19.3. The molecule has 0 bridgehead atoms. The van der Waals surface area contributed by atoms with Gasteiger partial charge >= 0.3 is 0 Å². The summed E-state index contributed by atoms with van der Waals surface area (Å²) in [4.78, 5) is 34.8. The number of halogens is 1. The molecule has 0 aliphatic carbocycles. The lowest BCUT2D eigenvalue weighted by molar-refractivity contribution is -0.125. The number of aryl methyl sites for hydroxylation is 1. The summed E-state index contributed by atoms with van der Waals surface area (Å²) >= 11 is 6.13. The molecule has 2 heterocycles. The Morgan fingerprint density at radius 1 is 1.26 bits per heavy atom. The van der Waals surface area contributed by atoms with Crippen molar-refractivity contribution in [3.05, 3.63) is 52.3 Å². The maximum absolute atomic E-state index is 12.5. The number of benzene rings is 1. The molecule has 1 aromatic carbocycles. The molecule has 6 nitrogen and oxygen atoms in total. The minimum Gasteiger partial charge on any atom is -0.352 e. The summed E-state index contributed by atoms with van der Waals surface area (Å²) in [6.07, 6.45) is 3.07. The lowest BCUT2D eigenvalue weighted by Crippen LogP contribution is -2.41. The average Bonchev–Trinajstić information content (AvgIpc) is 2.67. The van der Waals surface area contributed by atoms with E-state index in [9.17, 15) is 9.59 Å². The number of nitrogens with one attached hydrogen (secondary N) is 1. The van der Waals surface area contributed by atoms with Gasteiger partial charge in [0, 0.05) is 36.8 Å². The summed E-state index contributed by atoms with van der Waals surface area (Å²) < 4.78 is 0. The van der Waals surface area contributed by atoms with Crippen LogP contribution in [-0.4, -0.2) is 34.7 Å². The van der Waals surface area contributed by atoms with Crippen LogP contribution in [0, 0.1) is 12.8 Å². The van der Waals surface area contributed by atoms with Crippen molar-refractivity contribution >= 4 is 29.2 Å². The minimum atomic E-state index is -0.0343. The molecule has 1 fully saturated rings. The molecule has 0 atom stereocenters. The molecule has 1 aromatic heterocycles. The zero-order valence-corrected chi connectivity index (χ0v) is 16.3. The molecule has 7 heteroatoms. The van der Waals surface area contributed by atoms with Gasteiger partial charge in [-0.05, 0) is 38.3 Å². The number of piperidine rings is 1. The number of carbonyl (C=O) groups excluding carboxylic acids is 2. The number of anilines is 1. The van der Waals surface area contributed by atoms with Crippen LogP contribution in [0.2, 0.25) is 5.02 Å². The van der Waals surface area contributed by atoms with Gasteiger partial charge in [0.05, 0.1) is 11.3 Å². The number of Topliss-reactive ketones (excluding diaryl/α,β-unsaturated/α-hetero) is 1. The first-order chi connectivity index (χ1) is 13.0. The van der Waals surface area contributed by atoms with Crippen LogP contribution in [0.1, 0.15) is 41.4 Å². The van der Waals surface area contributed by atoms with E-state index < -0.39 is 0 Å². The highest BCUT2D eigenvalue weighted by Crippen LogP contribution is 2.22. The van der Waals surface area contributed by atoms with Gasteiger partial charge in [0.1, 0.15) is 0 Å². The Labute approximate surface area is 164 Å². The van der Waals surface area contributed by atoms with Gasteiger partial charge in [-0.2, -0.15) is 0 Å². The number of hydrogen-bond acceptors (Lipinski definition) is 5. The van der Waals surface area contributed by atoms with Crippen LogP contribution in [0.4, 0.5) is 5.95 Å². The fourth-order valence-electron chi connectivity index (χ4n) is 3.26. The Kier molecular flexibility index (Phi) is 6.06. The highest BCUT2D eigenvalue weighted by molar-refractivity contribution is 6.31. The fraction of sp³-hybridized carbons (Fsp3) is 0.400.